The van der Waals surface area contributed by atoms with Crippen molar-refractivity contribution in [2.75, 3.05) is 18.0 Å². The van der Waals surface area contributed by atoms with Crippen LogP contribution in [0.15, 0.2) is 57.7 Å². The Hall–Kier alpha value is -2.69. The number of thiazole rings is 1. The number of nitrogens with zero attached hydrogens (tertiary/aromatic N) is 3. The molecule has 0 radical (unpaired) electrons. The summed E-state index contributed by atoms with van der Waals surface area (Å²) in [7, 11) is 0. The van der Waals surface area contributed by atoms with Crippen molar-refractivity contribution < 1.29 is 14.4 Å². The van der Waals surface area contributed by atoms with Gasteiger partial charge >= 0.3 is 4.87 Å². The molecule has 0 saturated carbocycles. The van der Waals surface area contributed by atoms with Crippen LogP contribution in [0.3, 0.4) is 0 Å². The molecule has 5 heterocycles. The maximum absolute atomic E-state index is 13.7. The highest BCUT2D eigenvalue weighted by Gasteiger charge is 2.57. The monoisotopic (exact) mass is 525 g/mol. The van der Waals surface area contributed by atoms with Crippen molar-refractivity contribution in [2.45, 2.75) is 42.0 Å². The first-order chi connectivity index (χ1) is 17.0. The summed E-state index contributed by atoms with van der Waals surface area (Å²) in [6.07, 6.45) is 3.08. The summed E-state index contributed by atoms with van der Waals surface area (Å²) in [6.45, 7) is 1.40. The lowest BCUT2D eigenvalue weighted by Crippen LogP contribution is -2.39. The molecule has 0 N–H and O–H groups in total. The van der Waals surface area contributed by atoms with Gasteiger partial charge in [-0.05, 0) is 42.8 Å². The van der Waals surface area contributed by atoms with Crippen molar-refractivity contribution in [1.82, 2.24) is 9.47 Å². The third-order valence-corrected chi connectivity index (χ3v) is 10.5. The van der Waals surface area contributed by atoms with Crippen LogP contribution >= 0.6 is 34.4 Å². The van der Waals surface area contributed by atoms with E-state index in [9.17, 15) is 19.2 Å². The van der Waals surface area contributed by atoms with E-state index in [1.807, 2.05) is 40.6 Å². The summed E-state index contributed by atoms with van der Waals surface area (Å²) >= 11 is 3.89. The largest absolute Gasteiger partial charge is 0.341 e. The number of carbonyl (C=O) groups is 3. The van der Waals surface area contributed by atoms with Gasteiger partial charge in [0.25, 0.3) is 0 Å². The molecule has 0 bridgehead atoms. The van der Waals surface area contributed by atoms with Gasteiger partial charge in [-0.2, -0.15) is 0 Å². The van der Waals surface area contributed by atoms with E-state index in [1.54, 1.807) is 12.1 Å². The molecule has 2 fully saturated rings. The molecule has 2 saturated heterocycles. The quantitative estimate of drug-likeness (QED) is 0.485. The van der Waals surface area contributed by atoms with Crippen LogP contribution < -0.4 is 9.77 Å². The molecule has 6 rings (SSSR count). The fourth-order valence-corrected chi connectivity index (χ4v) is 8.96. The summed E-state index contributed by atoms with van der Waals surface area (Å²) in [5.74, 6) is -1.55. The number of piperidine rings is 1. The second-order valence-electron chi connectivity index (χ2n) is 8.97. The van der Waals surface area contributed by atoms with Crippen molar-refractivity contribution in [3.05, 3.63) is 67.3 Å². The lowest BCUT2D eigenvalue weighted by Gasteiger charge is -2.30. The Kier molecular flexibility index (Phi) is 5.90. The minimum absolute atomic E-state index is 0.0310. The Balaban J connectivity index is 1.41. The average molecular weight is 526 g/mol. The third-order valence-electron chi connectivity index (χ3n) is 6.92. The standard InChI is InChI=1S/C25H23N3O4S3/c29-17(26-11-5-2-6-12-26)14-27-24-21(35-25(27)32)18(16-10-7-13-33-16)19-20(34-24)23(31)28(22(19)30)15-8-3-1-4-9-15/h1,3-4,7-10,13,18-20H,2,5-6,11-12,14H2/t18-,19?,20?/m1/s1. The molecular weight excluding hydrogens is 502 g/mol. The van der Waals surface area contributed by atoms with Gasteiger partial charge in [-0.25, -0.2) is 4.90 Å². The first-order valence-corrected chi connectivity index (χ1v) is 14.3. The van der Waals surface area contributed by atoms with Gasteiger partial charge < -0.3 is 4.90 Å². The van der Waals surface area contributed by atoms with Crippen LogP contribution in [0.2, 0.25) is 0 Å². The van der Waals surface area contributed by atoms with Crippen LogP contribution in [0.25, 0.3) is 0 Å². The number of amides is 3. The molecule has 0 spiro atoms. The minimum Gasteiger partial charge on any atom is -0.341 e. The summed E-state index contributed by atoms with van der Waals surface area (Å²) in [6, 6.07) is 12.9. The van der Waals surface area contributed by atoms with Gasteiger partial charge in [-0.1, -0.05) is 47.4 Å². The number of carbonyl (C=O) groups excluding carboxylic acids is 3. The normalized spacial score (nSPS) is 23.9. The molecule has 3 amide bonds. The number of imide groups is 1. The molecule has 3 aromatic rings. The number of para-hydroxylation sites is 1. The molecule has 3 aliphatic rings. The highest BCUT2D eigenvalue weighted by molar-refractivity contribution is 8.00. The molecule has 180 valence electrons. The average Bonchev–Trinajstić information content (AvgIpc) is 3.58. The number of benzene rings is 1. The van der Waals surface area contributed by atoms with Crippen LogP contribution in [0.1, 0.15) is 34.9 Å². The number of likely N-dealkylation sites (tertiary alicyclic amines) is 1. The highest BCUT2D eigenvalue weighted by atomic mass is 32.2. The molecule has 1 aromatic carbocycles. The van der Waals surface area contributed by atoms with E-state index in [4.69, 9.17) is 0 Å². The molecule has 0 aliphatic carbocycles. The van der Waals surface area contributed by atoms with E-state index in [-0.39, 0.29) is 35.1 Å². The zero-order valence-corrected chi connectivity index (χ0v) is 21.2. The first kappa shape index (κ1) is 22.8. The summed E-state index contributed by atoms with van der Waals surface area (Å²) in [4.78, 5) is 58.1. The lowest BCUT2D eigenvalue weighted by molar-refractivity contribution is -0.133. The Morgan fingerprint density at radius 1 is 0.943 bits per heavy atom. The van der Waals surface area contributed by atoms with Gasteiger partial charge in [-0.15, -0.1) is 11.3 Å². The van der Waals surface area contributed by atoms with Crippen molar-refractivity contribution in [2.24, 2.45) is 5.92 Å². The molecule has 3 atom stereocenters. The predicted molar refractivity (Wildman–Crippen MR) is 137 cm³/mol. The highest BCUT2D eigenvalue weighted by Crippen LogP contribution is 2.54. The lowest BCUT2D eigenvalue weighted by atomic mass is 9.87. The van der Waals surface area contributed by atoms with Gasteiger partial charge in [-0.3, -0.25) is 23.7 Å². The Morgan fingerprint density at radius 3 is 2.43 bits per heavy atom. The van der Waals surface area contributed by atoms with E-state index in [1.165, 1.54) is 32.6 Å². The van der Waals surface area contributed by atoms with E-state index in [0.29, 0.717) is 23.8 Å². The topological polar surface area (TPSA) is 79.7 Å². The van der Waals surface area contributed by atoms with Crippen LogP contribution in [-0.4, -0.2) is 45.5 Å². The van der Waals surface area contributed by atoms with Gasteiger partial charge in [0.05, 0.1) is 16.6 Å². The maximum Gasteiger partial charge on any atom is 0.308 e. The Bertz CT molecular complexity index is 1340. The summed E-state index contributed by atoms with van der Waals surface area (Å²) in [5.41, 5.74) is 0.559. The molecule has 2 unspecified atom stereocenters. The zero-order valence-electron chi connectivity index (χ0n) is 18.8. The maximum atomic E-state index is 13.7. The van der Waals surface area contributed by atoms with Crippen LogP contribution in [0, 0.1) is 5.92 Å². The van der Waals surface area contributed by atoms with Gasteiger partial charge in [0.2, 0.25) is 17.7 Å². The minimum atomic E-state index is -0.646. The van der Waals surface area contributed by atoms with E-state index in [0.717, 1.165) is 40.4 Å². The van der Waals surface area contributed by atoms with Gasteiger partial charge in [0.15, 0.2) is 0 Å². The SMILES string of the molecule is O=C(Cn1c2c(sc1=O)[C@H](c1cccs1)C1C(=O)N(c3ccccc3)C(=O)C1S2)N1CCCCC1. The molecule has 3 aliphatic heterocycles. The van der Waals surface area contributed by atoms with Gasteiger partial charge in [0, 0.05) is 28.8 Å². The number of anilines is 1. The number of hydrogen-bond acceptors (Lipinski definition) is 7. The van der Waals surface area contributed by atoms with Crippen molar-refractivity contribution in [1.29, 1.82) is 0 Å². The van der Waals surface area contributed by atoms with Crippen LogP contribution in [-0.2, 0) is 20.9 Å². The zero-order chi connectivity index (χ0) is 24.1. The number of hydrogen-bond donors (Lipinski definition) is 0. The fourth-order valence-electron chi connectivity index (χ4n) is 5.24. The van der Waals surface area contributed by atoms with Crippen LogP contribution in [0.5, 0.6) is 0 Å². The van der Waals surface area contributed by atoms with Crippen molar-refractivity contribution >= 4 is 57.8 Å². The summed E-state index contributed by atoms with van der Waals surface area (Å²) < 4.78 is 1.53. The summed E-state index contributed by atoms with van der Waals surface area (Å²) in [5, 5.41) is 1.95. The molecule has 2 aromatic heterocycles. The molecule has 7 nitrogen and oxygen atoms in total. The molecular formula is C25H23N3O4S3. The van der Waals surface area contributed by atoms with E-state index >= 15 is 0 Å². The number of fused-ring (bicyclic) bond motifs is 2. The Labute approximate surface area is 214 Å². The predicted octanol–water partition coefficient (Wildman–Crippen LogP) is 3.78. The van der Waals surface area contributed by atoms with Crippen molar-refractivity contribution in [3.63, 3.8) is 0 Å². The second kappa shape index (κ2) is 9.07. The van der Waals surface area contributed by atoms with Crippen LogP contribution in [0.4, 0.5) is 5.69 Å². The fraction of sp³-hybridized carbons (Fsp3) is 0.360. The van der Waals surface area contributed by atoms with E-state index < -0.39 is 11.2 Å². The second-order valence-corrected chi connectivity index (χ2v) is 12.1. The Morgan fingerprint density at radius 2 is 1.71 bits per heavy atom. The van der Waals surface area contributed by atoms with Gasteiger partial charge in [0.1, 0.15) is 11.8 Å². The molecule has 35 heavy (non-hydrogen) atoms. The van der Waals surface area contributed by atoms with Crippen molar-refractivity contribution in [3.8, 4) is 0 Å². The third kappa shape index (κ3) is 3.78. The molecule has 10 heteroatoms. The number of rotatable bonds is 4. The van der Waals surface area contributed by atoms with E-state index in [2.05, 4.69) is 0 Å². The smallest absolute Gasteiger partial charge is 0.308 e. The number of aromatic nitrogens is 1. The number of thioether (sulfide) groups is 1. The first-order valence-electron chi connectivity index (χ1n) is 11.7. The number of thiophene rings is 1.